The van der Waals surface area contributed by atoms with Crippen LogP contribution in [-0.4, -0.2) is 51.0 Å². The summed E-state index contributed by atoms with van der Waals surface area (Å²) in [5.74, 6) is 0.231. The fourth-order valence-corrected chi connectivity index (χ4v) is 5.72. The fraction of sp³-hybridized carbons (Fsp3) is 0.400. The number of hydrogen-bond acceptors (Lipinski definition) is 12. The molecule has 0 amide bonds. The number of hydrogen-bond donors (Lipinski definition) is 0. The van der Waals surface area contributed by atoms with E-state index in [2.05, 4.69) is 0 Å². The predicted octanol–water partition coefficient (Wildman–Crippen LogP) is 10.1. The van der Waals surface area contributed by atoms with Crippen molar-refractivity contribution in [2.24, 2.45) is 0 Å². The minimum absolute atomic E-state index is 0.0576. The average molecular weight is 717 g/mol. The Labute approximate surface area is 300 Å². The smallest absolute Gasteiger partial charge is 0.434 e. The van der Waals surface area contributed by atoms with E-state index in [0.717, 1.165) is 25.7 Å². The molecule has 0 fully saturated rings. The summed E-state index contributed by atoms with van der Waals surface area (Å²) < 4.78 is 45.2. The van der Waals surface area contributed by atoms with E-state index in [-0.39, 0.29) is 70.3 Å². The molecule has 0 spiro atoms. The molecule has 0 N–H and O–H groups in total. The predicted molar refractivity (Wildman–Crippen MR) is 191 cm³/mol. The minimum atomic E-state index is -0.958. The fourth-order valence-electron chi connectivity index (χ4n) is 5.72. The van der Waals surface area contributed by atoms with E-state index in [0.29, 0.717) is 47.2 Å². The van der Waals surface area contributed by atoms with Crippen LogP contribution in [0, 0.1) is 20.9 Å². The Balaban J connectivity index is 1.87. The molecule has 0 unspecified atom stereocenters. The van der Waals surface area contributed by atoms with Gasteiger partial charge in [-0.3, -0.25) is 0 Å². The lowest BCUT2D eigenvalue weighted by Gasteiger charge is -2.22. The summed E-state index contributed by atoms with van der Waals surface area (Å²) in [6.07, 6.45) is 1.87. The molecular formula is C40H44O12. The average Bonchev–Trinajstić information content (AvgIpc) is 3.12. The van der Waals surface area contributed by atoms with Gasteiger partial charge in [-0.05, 0) is 25.7 Å². The van der Waals surface area contributed by atoms with Gasteiger partial charge in [-0.2, -0.15) is 0 Å². The van der Waals surface area contributed by atoms with Crippen LogP contribution in [0.2, 0.25) is 0 Å². The number of benzene rings is 4. The van der Waals surface area contributed by atoms with Gasteiger partial charge in [0.1, 0.15) is 0 Å². The molecule has 1 aliphatic rings. The van der Waals surface area contributed by atoms with Crippen LogP contribution in [0.5, 0.6) is 23.0 Å². The molecule has 0 saturated carbocycles. The van der Waals surface area contributed by atoms with E-state index in [4.69, 9.17) is 37.9 Å². The quantitative estimate of drug-likeness (QED) is 0.0415. The monoisotopic (exact) mass is 716 g/mol. The molecule has 276 valence electrons. The van der Waals surface area contributed by atoms with Crippen LogP contribution in [0.15, 0.2) is 48.5 Å². The molecule has 5 rings (SSSR count). The Hall–Kier alpha value is -5.52. The zero-order valence-corrected chi connectivity index (χ0v) is 30.0. The highest BCUT2D eigenvalue weighted by molar-refractivity contribution is 6.00. The van der Waals surface area contributed by atoms with Gasteiger partial charge in [0.25, 0.3) is 0 Å². The number of carbonyl (C=O) groups excluding carboxylic acids is 4. The first-order valence-corrected chi connectivity index (χ1v) is 17.9. The summed E-state index contributed by atoms with van der Waals surface area (Å²) in [5, 5.41) is 2.58. The van der Waals surface area contributed by atoms with E-state index in [1.54, 1.807) is 48.5 Å². The summed E-state index contributed by atoms with van der Waals surface area (Å²) in [6.45, 7) is 8.40. The van der Waals surface area contributed by atoms with Gasteiger partial charge in [0.05, 0.1) is 26.4 Å². The van der Waals surface area contributed by atoms with Crippen molar-refractivity contribution in [2.75, 3.05) is 26.4 Å². The molecule has 4 aromatic carbocycles. The van der Waals surface area contributed by atoms with Gasteiger partial charge in [-0.25, -0.2) is 19.2 Å². The third-order valence-electron chi connectivity index (χ3n) is 8.35. The van der Waals surface area contributed by atoms with Crippen LogP contribution in [0.3, 0.4) is 0 Å². The van der Waals surface area contributed by atoms with Gasteiger partial charge in [0, 0.05) is 42.4 Å². The normalized spacial score (nSPS) is 11.2. The molecule has 0 saturated heterocycles. The van der Waals surface area contributed by atoms with E-state index < -0.39 is 24.6 Å². The molecule has 12 heteroatoms. The molecule has 0 radical (unpaired) electrons. The Morgan fingerprint density at radius 3 is 0.788 bits per heavy atom. The molecule has 0 atom stereocenters. The summed E-state index contributed by atoms with van der Waals surface area (Å²) in [4.78, 5) is 52.6. The lowest BCUT2D eigenvalue weighted by atomic mass is 9.91. The lowest BCUT2D eigenvalue weighted by Crippen LogP contribution is -2.18. The summed E-state index contributed by atoms with van der Waals surface area (Å²) >= 11 is 0. The maximum atomic E-state index is 13.2. The maximum absolute atomic E-state index is 13.2. The van der Waals surface area contributed by atoms with Gasteiger partial charge in [-0.1, -0.05) is 102 Å². The lowest BCUT2D eigenvalue weighted by molar-refractivity contribution is 0.0947. The highest BCUT2D eigenvalue weighted by Gasteiger charge is 2.30. The third-order valence-corrected chi connectivity index (χ3v) is 8.35. The first kappa shape index (κ1) is 37.7. The summed E-state index contributed by atoms with van der Waals surface area (Å²) in [7, 11) is 0. The zero-order chi connectivity index (χ0) is 37.0. The third kappa shape index (κ3) is 8.33. The molecule has 0 aromatic heterocycles. The van der Waals surface area contributed by atoms with Gasteiger partial charge >= 0.3 is 24.6 Å². The van der Waals surface area contributed by atoms with Crippen molar-refractivity contribution in [3.05, 3.63) is 69.4 Å². The largest absolute Gasteiger partial charge is 0.513 e. The van der Waals surface area contributed by atoms with Crippen LogP contribution in [0.25, 0.3) is 21.5 Å². The van der Waals surface area contributed by atoms with E-state index in [1.165, 1.54) is 0 Å². The second-order valence-corrected chi connectivity index (χ2v) is 12.1. The van der Waals surface area contributed by atoms with Crippen LogP contribution in [-0.2, 0) is 18.9 Å². The van der Waals surface area contributed by atoms with Gasteiger partial charge < -0.3 is 37.9 Å². The van der Waals surface area contributed by atoms with E-state index >= 15 is 0 Å². The van der Waals surface area contributed by atoms with Crippen LogP contribution in [0.1, 0.15) is 79.1 Å². The van der Waals surface area contributed by atoms with Crippen LogP contribution < -0.4 is 18.9 Å². The summed E-state index contributed by atoms with van der Waals surface area (Å²) in [5.41, 5.74) is 0. The van der Waals surface area contributed by atoms with Crippen molar-refractivity contribution in [2.45, 2.75) is 79.1 Å². The first-order valence-electron chi connectivity index (χ1n) is 17.9. The first-order chi connectivity index (χ1) is 25.3. The molecule has 1 aliphatic carbocycles. The molecule has 12 nitrogen and oxygen atoms in total. The van der Waals surface area contributed by atoms with Crippen molar-refractivity contribution in [1.82, 2.24) is 0 Å². The highest BCUT2D eigenvalue weighted by atomic mass is 16.7. The molecular weight excluding hydrogens is 672 g/mol. The van der Waals surface area contributed by atoms with E-state index in [1.807, 2.05) is 27.7 Å². The van der Waals surface area contributed by atoms with Crippen LogP contribution in [0.4, 0.5) is 19.2 Å². The zero-order valence-electron chi connectivity index (χ0n) is 30.0. The number of carbonyl (C=O) groups is 4. The molecule has 4 aromatic rings. The standard InChI is InChI=1S/C40H44O12/c1-5-9-21-45-37(41)49-33-25-17-13-14-18-26(25)34(50-38(42)46-22-10-6-2)30-29(33)31-32(30)36(52-40(44)48-24-12-8-4)28-20-16-15-19-27(28)35(31)51-39(43)47-23-11-7-3/h13-20H,5-12,21-24H2,1-4H3. The molecule has 0 bridgehead atoms. The topological polar surface area (TPSA) is 142 Å². The van der Waals surface area contributed by atoms with E-state index in [9.17, 15) is 19.2 Å². The van der Waals surface area contributed by atoms with Crippen LogP contribution >= 0.6 is 0 Å². The van der Waals surface area contributed by atoms with Crippen molar-refractivity contribution < 1.29 is 57.1 Å². The maximum Gasteiger partial charge on any atom is 0.513 e. The second-order valence-electron chi connectivity index (χ2n) is 12.1. The number of fused-ring (bicyclic) bond motifs is 4. The van der Waals surface area contributed by atoms with Crippen molar-refractivity contribution >= 4 is 46.2 Å². The highest BCUT2D eigenvalue weighted by Crippen LogP contribution is 2.47. The summed E-state index contributed by atoms with van der Waals surface area (Å²) in [6, 6.07) is 13.7. The Morgan fingerprint density at radius 2 is 0.596 bits per heavy atom. The van der Waals surface area contributed by atoms with Crippen molar-refractivity contribution in [3.8, 4) is 23.0 Å². The molecule has 52 heavy (non-hydrogen) atoms. The van der Waals surface area contributed by atoms with Gasteiger partial charge in [-0.15, -0.1) is 0 Å². The Kier molecular flexibility index (Phi) is 13.1. The number of unbranched alkanes of at least 4 members (excludes halogenated alkanes) is 4. The number of rotatable bonds is 16. The molecule has 0 aliphatic heterocycles. The van der Waals surface area contributed by atoms with Gasteiger partial charge in [0.2, 0.25) is 0 Å². The van der Waals surface area contributed by atoms with Crippen molar-refractivity contribution in [3.63, 3.8) is 0 Å². The molecule has 0 heterocycles. The van der Waals surface area contributed by atoms with Crippen molar-refractivity contribution in [1.29, 1.82) is 0 Å². The Bertz CT molecular complexity index is 1820. The number of ether oxygens (including phenoxy) is 8. The minimum Gasteiger partial charge on any atom is -0.434 e. The SMILES string of the molecule is CCCCOC(=O)Oc1c2c(c(OC(=O)OCCCC)c3ccccc13)=c1c(OC(=O)OCCCC)c3ccccc3c(OC(=O)OCCCC)c1=2. The second kappa shape index (κ2) is 18.1. The van der Waals surface area contributed by atoms with Gasteiger partial charge in [0.15, 0.2) is 23.0 Å². The Morgan fingerprint density at radius 1 is 0.385 bits per heavy atom.